The fourth-order valence-corrected chi connectivity index (χ4v) is 4.17. The normalized spacial score (nSPS) is 22.6. The lowest BCUT2D eigenvalue weighted by molar-refractivity contribution is 0.322. The maximum absolute atomic E-state index is 3.97. The van der Waals surface area contributed by atoms with Crippen molar-refractivity contribution < 1.29 is 0 Å². The van der Waals surface area contributed by atoms with Gasteiger partial charge in [0, 0.05) is 12.0 Å². The van der Waals surface area contributed by atoms with E-state index in [0.29, 0.717) is 17.9 Å². The Bertz CT molecular complexity index is 823. The molecule has 1 heterocycles. The van der Waals surface area contributed by atoms with Crippen LogP contribution in [-0.2, 0) is 0 Å². The summed E-state index contributed by atoms with van der Waals surface area (Å²) < 4.78 is 0. The molecule has 0 radical (unpaired) electrons. The number of rotatable bonds is 3. The van der Waals surface area contributed by atoms with E-state index < -0.39 is 0 Å². The van der Waals surface area contributed by atoms with Crippen LogP contribution in [0.15, 0.2) is 84.9 Å². The molecule has 1 aliphatic rings. The standard InChI is InChI=1S/C24H25N/c1-17(2)23-22(18-11-5-3-6-12-18)20-15-9-10-16-21(20)24(25-23)19-13-7-4-8-14-19/h3-17,22-25H,1-2H3/t22-,23+,24-/m1/s1. The van der Waals surface area contributed by atoms with E-state index in [4.69, 9.17) is 0 Å². The molecule has 3 atom stereocenters. The predicted octanol–water partition coefficient (Wildman–Crippen LogP) is 5.54. The van der Waals surface area contributed by atoms with Gasteiger partial charge in [0.05, 0.1) is 6.04 Å². The third kappa shape index (κ3) is 3.01. The van der Waals surface area contributed by atoms with Crippen LogP contribution in [-0.4, -0.2) is 6.04 Å². The van der Waals surface area contributed by atoms with Crippen LogP contribution >= 0.6 is 0 Å². The van der Waals surface area contributed by atoms with E-state index in [2.05, 4.69) is 104 Å². The smallest absolute Gasteiger partial charge is 0.0582 e. The Morgan fingerprint density at radius 3 is 1.76 bits per heavy atom. The molecular weight excluding hydrogens is 302 g/mol. The Hall–Kier alpha value is -2.38. The summed E-state index contributed by atoms with van der Waals surface area (Å²) in [6, 6.07) is 31.4. The highest BCUT2D eigenvalue weighted by molar-refractivity contribution is 5.47. The molecule has 0 saturated heterocycles. The van der Waals surface area contributed by atoms with Crippen molar-refractivity contribution in [2.24, 2.45) is 5.92 Å². The maximum Gasteiger partial charge on any atom is 0.0582 e. The van der Waals surface area contributed by atoms with Crippen molar-refractivity contribution in [1.82, 2.24) is 5.32 Å². The number of fused-ring (bicyclic) bond motifs is 1. The third-order valence-electron chi connectivity index (χ3n) is 5.37. The van der Waals surface area contributed by atoms with E-state index >= 15 is 0 Å². The van der Waals surface area contributed by atoms with Crippen LogP contribution in [0.2, 0.25) is 0 Å². The lowest BCUT2D eigenvalue weighted by atomic mass is 9.73. The van der Waals surface area contributed by atoms with Crippen LogP contribution in [0.1, 0.15) is 48.1 Å². The Morgan fingerprint density at radius 1 is 0.640 bits per heavy atom. The topological polar surface area (TPSA) is 12.0 Å². The van der Waals surface area contributed by atoms with Gasteiger partial charge in [0.2, 0.25) is 0 Å². The molecule has 126 valence electrons. The minimum Gasteiger partial charge on any atom is -0.302 e. The first-order valence-electron chi connectivity index (χ1n) is 9.20. The van der Waals surface area contributed by atoms with Crippen molar-refractivity contribution in [2.45, 2.75) is 31.8 Å². The maximum atomic E-state index is 3.97. The molecule has 0 spiro atoms. The van der Waals surface area contributed by atoms with E-state index in [-0.39, 0.29) is 6.04 Å². The van der Waals surface area contributed by atoms with Crippen molar-refractivity contribution in [3.63, 3.8) is 0 Å². The summed E-state index contributed by atoms with van der Waals surface area (Å²) in [5.41, 5.74) is 5.60. The Kier molecular flexibility index (Phi) is 4.42. The fourth-order valence-electron chi connectivity index (χ4n) is 4.17. The SMILES string of the molecule is CC(C)[C@@H]1N[C@H](c2ccccc2)c2ccccc2[C@H]1c1ccccc1. The Morgan fingerprint density at radius 2 is 1.16 bits per heavy atom. The lowest BCUT2D eigenvalue weighted by Gasteiger charge is -2.42. The molecular formula is C24H25N. The Labute approximate surface area is 150 Å². The summed E-state index contributed by atoms with van der Waals surface area (Å²) in [4.78, 5) is 0. The second-order valence-electron chi connectivity index (χ2n) is 7.30. The zero-order valence-corrected chi connectivity index (χ0v) is 14.9. The summed E-state index contributed by atoms with van der Waals surface area (Å²) in [6.07, 6.45) is 0. The first kappa shape index (κ1) is 16.1. The highest BCUT2D eigenvalue weighted by Gasteiger charge is 2.37. The van der Waals surface area contributed by atoms with Crippen LogP contribution in [0, 0.1) is 5.92 Å². The molecule has 0 unspecified atom stereocenters. The second-order valence-corrected chi connectivity index (χ2v) is 7.30. The van der Waals surface area contributed by atoms with Crippen LogP contribution in [0.5, 0.6) is 0 Å². The van der Waals surface area contributed by atoms with E-state index in [1.54, 1.807) is 0 Å². The molecule has 0 bridgehead atoms. The lowest BCUT2D eigenvalue weighted by Crippen LogP contribution is -2.46. The zero-order valence-electron chi connectivity index (χ0n) is 14.9. The van der Waals surface area contributed by atoms with E-state index in [1.807, 2.05) is 0 Å². The van der Waals surface area contributed by atoms with E-state index in [1.165, 1.54) is 22.3 Å². The molecule has 1 N–H and O–H groups in total. The number of hydrogen-bond acceptors (Lipinski definition) is 1. The van der Waals surface area contributed by atoms with Crippen LogP contribution in [0.4, 0.5) is 0 Å². The summed E-state index contributed by atoms with van der Waals surface area (Å²) in [5, 5.41) is 3.97. The summed E-state index contributed by atoms with van der Waals surface area (Å²) in [5.74, 6) is 0.933. The van der Waals surface area contributed by atoms with E-state index in [0.717, 1.165) is 0 Å². The molecule has 0 saturated carbocycles. The number of nitrogens with one attached hydrogen (secondary N) is 1. The largest absolute Gasteiger partial charge is 0.302 e. The van der Waals surface area contributed by atoms with Crippen molar-refractivity contribution >= 4 is 0 Å². The average Bonchev–Trinajstić information content (AvgIpc) is 2.68. The fraction of sp³-hybridized carbons (Fsp3) is 0.250. The van der Waals surface area contributed by atoms with Crippen LogP contribution < -0.4 is 5.32 Å². The first-order chi connectivity index (χ1) is 12.3. The Balaban J connectivity index is 1.87. The second kappa shape index (κ2) is 6.85. The molecule has 25 heavy (non-hydrogen) atoms. The van der Waals surface area contributed by atoms with Gasteiger partial charge in [-0.1, -0.05) is 98.8 Å². The molecule has 1 heteroatoms. The van der Waals surface area contributed by atoms with Crippen molar-refractivity contribution in [3.8, 4) is 0 Å². The molecule has 1 nitrogen and oxygen atoms in total. The van der Waals surface area contributed by atoms with Gasteiger partial charge in [-0.25, -0.2) is 0 Å². The van der Waals surface area contributed by atoms with E-state index in [9.17, 15) is 0 Å². The van der Waals surface area contributed by atoms with Crippen molar-refractivity contribution in [3.05, 3.63) is 107 Å². The average molecular weight is 327 g/mol. The molecule has 1 aliphatic heterocycles. The van der Waals surface area contributed by atoms with Gasteiger partial charge in [0.25, 0.3) is 0 Å². The molecule has 3 aromatic rings. The highest BCUT2D eigenvalue weighted by Crippen LogP contribution is 2.42. The molecule has 0 aliphatic carbocycles. The molecule has 0 aromatic heterocycles. The quantitative estimate of drug-likeness (QED) is 0.666. The number of hydrogen-bond donors (Lipinski definition) is 1. The minimum atomic E-state index is 0.254. The summed E-state index contributed by atoms with van der Waals surface area (Å²) in [6.45, 7) is 4.65. The van der Waals surface area contributed by atoms with Gasteiger partial charge in [0.15, 0.2) is 0 Å². The van der Waals surface area contributed by atoms with Gasteiger partial charge < -0.3 is 5.32 Å². The summed E-state index contributed by atoms with van der Waals surface area (Å²) in [7, 11) is 0. The zero-order chi connectivity index (χ0) is 17.2. The van der Waals surface area contributed by atoms with Gasteiger partial charge in [-0.3, -0.25) is 0 Å². The van der Waals surface area contributed by atoms with Gasteiger partial charge in [0.1, 0.15) is 0 Å². The van der Waals surface area contributed by atoms with Crippen molar-refractivity contribution in [1.29, 1.82) is 0 Å². The minimum absolute atomic E-state index is 0.254. The van der Waals surface area contributed by atoms with Crippen LogP contribution in [0.25, 0.3) is 0 Å². The first-order valence-corrected chi connectivity index (χ1v) is 9.20. The highest BCUT2D eigenvalue weighted by atomic mass is 15.0. The van der Waals surface area contributed by atoms with Gasteiger partial charge >= 0.3 is 0 Å². The third-order valence-corrected chi connectivity index (χ3v) is 5.37. The predicted molar refractivity (Wildman–Crippen MR) is 105 cm³/mol. The van der Waals surface area contributed by atoms with Gasteiger partial charge in [-0.2, -0.15) is 0 Å². The number of benzene rings is 3. The molecule has 3 aromatic carbocycles. The molecule has 0 fully saturated rings. The van der Waals surface area contributed by atoms with Crippen molar-refractivity contribution in [2.75, 3.05) is 0 Å². The summed E-state index contributed by atoms with van der Waals surface area (Å²) >= 11 is 0. The van der Waals surface area contributed by atoms with Gasteiger partial charge in [-0.15, -0.1) is 0 Å². The van der Waals surface area contributed by atoms with Crippen LogP contribution in [0.3, 0.4) is 0 Å². The van der Waals surface area contributed by atoms with Gasteiger partial charge in [-0.05, 0) is 28.2 Å². The monoisotopic (exact) mass is 327 g/mol. The molecule has 4 rings (SSSR count). The molecule has 0 amide bonds.